The summed E-state index contributed by atoms with van der Waals surface area (Å²) in [4.78, 5) is 2.43. The maximum Gasteiger partial charge on any atom is 0.0541 e. The monoisotopic (exact) mass is 764 g/mol. The highest BCUT2D eigenvalue weighted by Crippen LogP contribution is 2.46. The van der Waals surface area contributed by atoms with E-state index in [4.69, 9.17) is 0 Å². The Morgan fingerprint density at radius 3 is 1.45 bits per heavy atom. The van der Waals surface area contributed by atoms with E-state index in [-0.39, 0.29) is 0 Å². The molecule has 10 aromatic carbocycles. The lowest BCUT2D eigenvalue weighted by molar-refractivity contribution is 1.18. The molecule has 0 aliphatic carbocycles. The van der Waals surface area contributed by atoms with Gasteiger partial charge < -0.3 is 9.47 Å². The Balaban J connectivity index is 1.05. The van der Waals surface area contributed by atoms with Crippen LogP contribution in [0.4, 0.5) is 17.1 Å². The van der Waals surface area contributed by atoms with Gasteiger partial charge in [-0.2, -0.15) is 0 Å². The first-order valence-corrected chi connectivity index (χ1v) is 20.6. The summed E-state index contributed by atoms with van der Waals surface area (Å²) < 4.78 is 2.38. The summed E-state index contributed by atoms with van der Waals surface area (Å²) in [5, 5.41) is 5.02. The van der Waals surface area contributed by atoms with Crippen LogP contribution in [0.25, 0.3) is 82.8 Å². The van der Waals surface area contributed by atoms with Gasteiger partial charge in [0.1, 0.15) is 0 Å². The minimum Gasteiger partial charge on any atom is -0.309 e. The summed E-state index contributed by atoms with van der Waals surface area (Å²) in [6, 6.07) is 87.9. The van der Waals surface area contributed by atoms with Crippen molar-refractivity contribution in [2.45, 2.75) is 0 Å². The van der Waals surface area contributed by atoms with Crippen molar-refractivity contribution in [3.63, 3.8) is 0 Å². The van der Waals surface area contributed by atoms with Gasteiger partial charge in [-0.3, -0.25) is 0 Å². The Labute approximate surface area is 350 Å². The van der Waals surface area contributed by atoms with Gasteiger partial charge in [-0.05, 0) is 105 Å². The SMILES string of the molecule is c1ccc(-c2ccccc2N(c2ccc(-c3ccc4ccccc4c3)cc2)c2ccc(-c3ccc(-n4c5ccccc5c5ccccc54)cc3)cc2-c2ccccc2)cc1. The summed E-state index contributed by atoms with van der Waals surface area (Å²) in [7, 11) is 0. The Morgan fingerprint density at radius 1 is 0.283 bits per heavy atom. The minimum atomic E-state index is 1.09. The molecule has 11 aromatic rings. The van der Waals surface area contributed by atoms with E-state index in [2.05, 4.69) is 252 Å². The van der Waals surface area contributed by atoms with Crippen LogP contribution >= 0.6 is 0 Å². The number of hydrogen-bond donors (Lipinski definition) is 0. The highest BCUT2D eigenvalue weighted by molar-refractivity contribution is 6.09. The fourth-order valence-electron chi connectivity index (χ4n) is 8.87. The van der Waals surface area contributed by atoms with Gasteiger partial charge in [-0.15, -0.1) is 0 Å². The van der Waals surface area contributed by atoms with E-state index in [1.165, 1.54) is 60.4 Å². The molecule has 0 spiro atoms. The largest absolute Gasteiger partial charge is 0.309 e. The van der Waals surface area contributed by atoms with Crippen molar-refractivity contribution in [3.8, 4) is 50.2 Å². The van der Waals surface area contributed by atoms with Gasteiger partial charge in [0, 0.05) is 33.3 Å². The quantitative estimate of drug-likeness (QED) is 0.150. The first-order chi connectivity index (χ1) is 29.8. The first-order valence-electron chi connectivity index (χ1n) is 20.6. The third-order valence-corrected chi connectivity index (χ3v) is 11.8. The molecule has 0 saturated heterocycles. The predicted molar refractivity (Wildman–Crippen MR) is 255 cm³/mol. The van der Waals surface area contributed by atoms with Crippen molar-refractivity contribution >= 4 is 49.6 Å². The summed E-state index contributed by atoms with van der Waals surface area (Å²) in [5.41, 5.74) is 16.2. The Morgan fingerprint density at radius 2 is 0.767 bits per heavy atom. The van der Waals surface area contributed by atoms with Crippen molar-refractivity contribution in [1.82, 2.24) is 4.57 Å². The molecule has 0 atom stereocenters. The predicted octanol–water partition coefficient (Wildman–Crippen LogP) is 16.1. The van der Waals surface area contributed by atoms with Gasteiger partial charge in [0.15, 0.2) is 0 Å². The number of benzene rings is 10. The molecule has 0 bridgehead atoms. The molecular weight excluding hydrogens is 725 g/mol. The number of rotatable bonds is 8. The lowest BCUT2D eigenvalue weighted by Crippen LogP contribution is -2.12. The average molecular weight is 765 g/mol. The normalized spacial score (nSPS) is 11.3. The average Bonchev–Trinajstić information content (AvgIpc) is 3.67. The smallest absolute Gasteiger partial charge is 0.0541 e. The number of aromatic nitrogens is 1. The molecule has 0 N–H and O–H groups in total. The molecule has 11 rings (SSSR count). The zero-order valence-electron chi connectivity index (χ0n) is 33.0. The molecule has 0 fully saturated rings. The van der Waals surface area contributed by atoms with Crippen molar-refractivity contribution in [2.24, 2.45) is 0 Å². The Bertz CT molecular complexity index is 3240. The molecule has 282 valence electrons. The third-order valence-electron chi connectivity index (χ3n) is 11.8. The first kappa shape index (κ1) is 35.2. The number of para-hydroxylation sites is 3. The van der Waals surface area contributed by atoms with Crippen LogP contribution in [0.1, 0.15) is 0 Å². The van der Waals surface area contributed by atoms with Crippen LogP contribution in [0.2, 0.25) is 0 Å². The summed E-state index contributed by atoms with van der Waals surface area (Å²) in [5.74, 6) is 0. The molecular formula is C58H40N2. The van der Waals surface area contributed by atoms with Crippen molar-refractivity contribution in [3.05, 3.63) is 243 Å². The third kappa shape index (κ3) is 6.32. The minimum absolute atomic E-state index is 1.09. The van der Waals surface area contributed by atoms with Crippen LogP contribution in [-0.4, -0.2) is 4.57 Å². The zero-order valence-corrected chi connectivity index (χ0v) is 33.0. The zero-order chi connectivity index (χ0) is 39.8. The topological polar surface area (TPSA) is 8.17 Å². The van der Waals surface area contributed by atoms with E-state index in [1.54, 1.807) is 0 Å². The molecule has 2 nitrogen and oxygen atoms in total. The van der Waals surface area contributed by atoms with E-state index in [0.29, 0.717) is 0 Å². The molecule has 0 unspecified atom stereocenters. The van der Waals surface area contributed by atoms with Crippen molar-refractivity contribution < 1.29 is 0 Å². The number of nitrogens with zero attached hydrogens (tertiary/aromatic N) is 2. The summed E-state index contributed by atoms with van der Waals surface area (Å²) in [6.07, 6.45) is 0. The highest BCUT2D eigenvalue weighted by atomic mass is 15.1. The summed E-state index contributed by atoms with van der Waals surface area (Å²) in [6.45, 7) is 0. The van der Waals surface area contributed by atoms with Crippen LogP contribution in [-0.2, 0) is 0 Å². The van der Waals surface area contributed by atoms with Crippen molar-refractivity contribution in [1.29, 1.82) is 0 Å². The lowest BCUT2D eigenvalue weighted by Gasteiger charge is -2.30. The van der Waals surface area contributed by atoms with Gasteiger partial charge in [0.2, 0.25) is 0 Å². The second kappa shape index (κ2) is 15.1. The standard InChI is InChI=1S/C58H40N2/c1-3-16-44(17-4-1)51-21-9-12-24-55(51)59(49-34-29-42(30-35-49)47-28-27-41-15-7-8-20-46(41)39-47)58-38-33-48(40-54(58)45-18-5-2-6-19-45)43-31-36-50(37-32-43)60-56-25-13-10-22-52(56)53-23-11-14-26-57(53)60/h1-40H. The van der Waals surface area contributed by atoms with Gasteiger partial charge in [0.05, 0.1) is 22.4 Å². The fraction of sp³-hybridized carbons (Fsp3) is 0. The Hall–Kier alpha value is -7.94. The second-order valence-electron chi connectivity index (χ2n) is 15.3. The lowest BCUT2D eigenvalue weighted by atomic mass is 9.95. The molecule has 0 amide bonds. The van der Waals surface area contributed by atoms with Crippen LogP contribution in [0.3, 0.4) is 0 Å². The van der Waals surface area contributed by atoms with E-state index in [0.717, 1.165) is 39.4 Å². The number of fused-ring (bicyclic) bond motifs is 4. The van der Waals surface area contributed by atoms with Gasteiger partial charge in [-0.1, -0.05) is 182 Å². The van der Waals surface area contributed by atoms with Crippen LogP contribution in [0.15, 0.2) is 243 Å². The maximum absolute atomic E-state index is 2.43. The van der Waals surface area contributed by atoms with Crippen LogP contribution < -0.4 is 4.90 Å². The summed E-state index contributed by atoms with van der Waals surface area (Å²) >= 11 is 0. The molecule has 1 heterocycles. The van der Waals surface area contributed by atoms with Gasteiger partial charge in [-0.25, -0.2) is 0 Å². The highest BCUT2D eigenvalue weighted by Gasteiger charge is 2.22. The van der Waals surface area contributed by atoms with E-state index in [9.17, 15) is 0 Å². The van der Waals surface area contributed by atoms with E-state index in [1.807, 2.05) is 0 Å². The fourth-order valence-corrected chi connectivity index (χ4v) is 8.87. The maximum atomic E-state index is 2.43. The molecule has 0 aliphatic rings. The Kier molecular flexibility index (Phi) is 8.87. The van der Waals surface area contributed by atoms with Crippen LogP contribution in [0, 0.1) is 0 Å². The number of hydrogen-bond acceptors (Lipinski definition) is 1. The van der Waals surface area contributed by atoms with Gasteiger partial charge in [0.25, 0.3) is 0 Å². The molecule has 1 aromatic heterocycles. The molecule has 0 saturated carbocycles. The van der Waals surface area contributed by atoms with E-state index < -0.39 is 0 Å². The number of anilines is 3. The molecule has 60 heavy (non-hydrogen) atoms. The van der Waals surface area contributed by atoms with Crippen LogP contribution in [0.5, 0.6) is 0 Å². The molecule has 2 heteroatoms. The molecule has 0 radical (unpaired) electrons. The van der Waals surface area contributed by atoms with Crippen molar-refractivity contribution in [2.75, 3.05) is 4.90 Å². The second-order valence-corrected chi connectivity index (χ2v) is 15.3. The van der Waals surface area contributed by atoms with Gasteiger partial charge >= 0.3 is 0 Å². The molecule has 0 aliphatic heterocycles. The van der Waals surface area contributed by atoms with E-state index >= 15 is 0 Å².